The van der Waals surface area contributed by atoms with Crippen LogP contribution in [0.1, 0.15) is 30.1 Å². The lowest BCUT2D eigenvalue weighted by atomic mass is 10.1. The van der Waals surface area contributed by atoms with Crippen LogP contribution in [0.2, 0.25) is 0 Å². The third-order valence-electron chi connectivity index (χ3n) is 3.76. The summed E-state index contributed by atoms with van der Waals surface area (Å²) in [7, 11) is 0. The molecule has 0 radical (unpaired) electrons. The third kappa shape index (κ3) is 4.45. The summed E-state index contributed by atoms with van der Waals surface area (Å²) in [5.74, 6) is -1.51. The van der Waals surface area contributed by atoms with Crippen LogP contribution in [-0.2, 0) is 4.79 Å². The lowest BCUT2D eigenvalue weighted by Crippen LogP contribution is -2.33. The van der Waals surface area contributed by atoms with Gasteiger partial charge in [-0.15, -0.1) is 0 Å². The predicted octanol–water partition coefficient (Wildman–Crippen LogP) is 1.76. The molecular formula is C16H21N3O4. The van der Waals surface area contributed by atoms with E-state index < -0.39 is 11.9 Å². The van der Waals surface area contributed by atoms with Gasteiger partial charge in [-0.2, -0.15) is 0 Å². The van der Waals surface area contributed by atoms with Crippen molar-refractivity contribution in [2.45, 2.75) is 19.8 Å². The average Bonchev–Trinajstić information content (AvgIpc) is 3.03. The molecule has 1 unspecified atom stereocenters. The van der Waals surface area contributed by atoms with Gasteiger partial charge in [-0.05, 0) is 37.1 Å². The zero-order valence-corrected chi connectivity index (χ0v) is 13.0. The van der Waals surface area contributed by atoms with E-state index in [0.29, 0.717) is 30.8 Å². The first-order valence-corrected chi connectivity index (χ1v) is 7.68. The number of amides is 3. The van der Waals surface area contributed by atoms with Crippen LogP contribution in [0.5, 0.6) is 0 Å². The summed E-state index contributed by atoms with van der Waals surface area (Å²) in [5.41, 5.74) is 1.10. The number of aliphatic carboxylic acids is 1. The fourth-order valence-electron chi connectivity index (χ4n) is 2.39. The van der Waals surface area contributed by atoms with E-state index in [2.05, 4.69) is 10.6 Å². The molecule has 1 aromatic rings. The van der Waals surface area contributed by atoms with E-state index >= 15 is 0 Å². The second-order valence-corrected chi connectivity index (χ2v) is 5.53. The first kappa shape index (κ1) is 16.8. The molecule has 23 heavy (non-hydrogen) atoms. The highest BCUT2D eigenvalue weighted by Gasteiger charge is 2.30. The summed E-state index contributed by atoms with van der Waals surface area (Å²) >= 11 is 0. The topological polar surface area (TPSA) is 98.7 Å². The molecule has 124 valence electrons. The van der Waals surface area contributed by atoms with Gasteiger partial charge in [0.25, 0.3) is 5.91 Å². The number of nitrogens with zero attached hydrogens (tertiary/aromatic N) is 1. The molecule has 1 aromatic carbocycles. The molecule has 3 N–H and O–H groups in total. The number of likely N-dealkylation sites (tertiary alicyclic amines) is 1. The van der Waals surface area contributed by atoms with Gasteiger partial charge in [-0.25, -0.2) is 4.79 Å². The summed E-state index contributed by atoms with van der Waals surface area (Å²) < 4.78 is 0. The summed E-state index contributed by atoms with van der Waals surface area (Å²) in [4.78, 5) is 36.3. The highest BCUT2D eigenvalue weighted by Crippen LogP contribution is 2.18. The van der Waals surface area contributed by atoms with Crippen molar-refractivity contribution in [1.82, 2.24) is 10.2 Å². The van der Waals surface area contributed by atoms with Gasteiger partial charge in [0.2, 0.25) is 0 Å². The van der Waals surface area contributed by atoms with Crippen molar-refractivity contribution in [3.05, 3.63) is 29.8 Å². The highest BCUT2D eigenvalue weighted by atomic mass is 16.4. The average molecular weight is 319 g/mol. The summed E-state index contributed by atoms with van der Waals surface area (Å²) in [6.07, 6.45) is 1.34. The van der Waals surface area contributed by atoms with Gasteiger partial charge in [-0.3, -0.25) is 9.59 Å². The molecule has 7 heteroatoms. The SMILES string of the molecule is CCCNC(=O)c1ccc(NC(=O)N2CCC(C(=O)O)C2)cc1. The van der Waals surface area contributed by atoms with Crippen molar-refractivity contribution in [2.75, 3.05) is 25.0 Å². The Morgan fingerprint density at radius 1 is 1.26 bits per heavy atom. The Hall–Kier alpha value is -2.57. The number of anilines is 1. The Bertz CT molecular complexity index is 585. The molecule has 1 atom stereocenters. The quantitative estimate of drug-likeness (QED) is 0.770. The molecule has 0 aromatic heterocycles. The minimum absolute atomic E-state index is 0.145. The van der Waals surface area contributed by atoms with Crippen LogP contribution in [0.4, 0.5) is 10.5 Å². The molecular weight excluding hydrogens is 298 g/mol. The molecule has 1 aliphatic rings. The van der Waals surface area contributed by atoms with Gasteiger partial charge >= 0.3 is 12.0 Å². The van der Waals surface area contributed by atoms with E-state index in [1.807, 2.05) is 6.92 Å². The van der Waals surface area contributed by atoms with Crippen LogP contribution in [0.3, 0.4) is 0 Å². The maximum absolute atomic E-state index is 12.1. The minimum atomic E-state index is -0.872. The molecule has 1 aliphatic heterocycles. The second kappa shape index (κ2) is 7.62. The molecule has 7 nitrogen and oxygen atoms in total. The molecule has 0 spiro atoms. The van der Waals surface area contributed by atoms with Gasteiger partial charge in [0, 0.05) is 30.9 Å². The number of nitrogens with one attached hydrogen (secondary N) is 2. The van der Waals surface area contributed by atoms with E-state index in [4.69, 9.17) is 5.11 Å². The number of urea groups is 1. The summed E-state index contributed by atoms with van der Waals surface area (Å²) in [6.45, 7) is 3.25. The van der Waals surface area contributed by atoms with Gasteiger partial charge in [-0.1, -0.05) is 6.92 Å². The van der Waals surface area contributed by atoms with Crippen LogP contribution in [0.25, 0.3) is 0 Å². The maximum atomic E-state index is 12.1. The summed E-state index contributed by atoms with van der Waals surface area (Å²) in [6, 6.07) is 6.28. The molecule has 1 saturated heterocycles. The van der Waals surface area contributed by atoms with Crippen LogP contribution in [0, 0.1) is 5.92 Å². The Morgan fingerprint density at radius 2 is 1.96 bits per heavy atom. The molecule has 3 amide bonds. The molecule has 0 saturated carbocycles. The van der Waals surface area contributed by atoms with Gasteiger partial charge < -0.3 is 20.6 Å². The monoisotopic (exact) mass is 319 g/mol. The normalized spacial score (nSPS) is 16.9. The molecule has 2 rings (SSSR count). The van der Waals surface area contributed by atoms with Gasteiger partial charge in [0.05, 0.1) is 5.92 Å². The largest absolute Gasteiger partial charge is 0.481 e. The minimum Gasteiger partial charge on any atom is -0.481 e. The van der Waals surface area contributed by atoms with E-state index in [1.54, 1.807) is 24.3 Å². The Morgan fingerprint density at radius 3 is 2.52 bits per heavy atom. The van der Waals surface area contributed by atoms with Gasteiger partial charge in [0.15, 0.2) is 0 Å². The van der Waals surface area contributed by atoms with E-state index in [1.165, 1.54) is 4.90 Å². The van der Waals surface area contributed by atoms with E-state index in [9.17, 15) is 14.4 Å². The van der Waals surface area contributed by atoms with Crippen molar-refractivity contribution < 1.29 is 19.5 Å². The van der Waals surface area contributed by atoms with Crippen molar-refractivity contribution in [3.63, 3.8) is 0 Å². The maximum Gasteiger partial charge on any atom is 0.321 e. The first-order chi connectivity index (χ1) is 11.0. The standard InChI is InChI=1S/C16H21N3O4/c1-2-8-17-14(20)11-3-5-13(6-4-11)18-16(23)19-9-7-12(10-19)15(21)22/h3-6,12H,2,7-10H2,1H3,(H,17,20)(H,18,23)(H,21,22). The van der Waals surface area contributed by atoms with Crippen LogP contribution in [-0.4, -0.2) is 47.5 Å². The Kier molecular flexibility index (Phi) is 5.56. The van der Waals surface area contributed by atoms with Crippen LogP contribution in [0.15, 0.2) is 24.3 Å². The van der Waals surface area contributed by atoms with Crippen LogP contribution >= 0.6 is 0 Å². The predicted molar refractivity (Wildman–Crippen MR) is 85.4 cm³/mol. The molecule has 1 fully saturated rings. The molecule has 0 aliphatic carbocycles. The number of benzene rings is 1. The van der Waals surface area contributed by atoms with Crippen LogP contribution < -0.4 is 10.6 Å². The van der Waals surface area contributed by atoms with Gasteiger partial charge in [0.1, 0.15) is 0 Å². The van der Waals surface area contributed by atoms with E-state index in [0.717, 1.165) is 6.42 Å². The number of carbonyl (C=O) groups is 3. The highest BCUT2D eigenvalue weighted by molar-refractivity contribution is 5.95. The van der Waals surface area contributed by atoms with E-state index in [-0.39, 0.29) is 18.5 Å². The van der Waals surface area contributed by atoms with Crippen molar-refractivity contribution >= 4 is 23.6 Å². The number of hydrogen-bond donors (Lipinski definition) is 3. The number of carbonyl (C=O) groups excluding carboxylic acids is 2. The zero-order valence-electron chi connectivity index (χ0n) is 13.0. The number of hydrogen-bond acceptors (Lipinski definition) is 3. The fourth-order valence-corrected chi connectivity index (χ4v) is 2.39. The second-order valence-electron chi connectivity index (χ2n) is 5.53. The zero-order chi connectivity index (χ0) is 16.8. The van der Waals surface area contributed by atoms with Crippen molar-refractivity contribution in [3.8, 4) is 0 Å². The summed E-state index contributed by atoms with van der Waals surface area (Å²) in [5, 5.41) is 14.4. The lowest BCUT2D eigenvalue weighted by molar-refractivity contribution is -0.141. The van der Waals surface area contributed by atoms with Crippen molar-refractivity contribution in [2.24, 2.45) is 5.92 Å². The number of carboxylic acid groups (broad SMARTS) is 1. The third-order valence-corrected chi connectivity index (χ3v) is 3.76. The molecule has 1 heterocycles. The first-order valence-electron chi connectivity index (χ1n) is 7.68. The Labute approximate surface area is 134 Å². The number of carboxylic acids is 1. The lowest BCUT2D eigenvalue weighted by Gasteiger charge is -2.16. The smallest absolute Gasteiger partial charge is 0.321 e. The van der Waals surface area contributed by atoms with Crippen molar-refractivity contribution in [1.29, 1.82) is 0 Å². The Balaban J connectivity index is 1.89. The number of rotatable bonds is 5. The molecule has 0 bridgehead atoms. The fraction of sp³-hybridized carbons (Fsp3) is 0.438.